The van der Waals surface area contributed by atoms with Gasteiger partial charge in [0.25, 0.3) is 0 Å². The Morgan fingerprint density at radius 2 is 1.88 bits per heavy atom. The average Bonchev–Trinajstić information content (AvgIpc) is 2.14. The molecule has 1 aromatic carbocycles. The van der Waals surface area contributed by atoms with E-state index < -0.39 is 31.3 Å². The van der Waals surface area contributed by atoms with Gasteiger partial charge < -0.3 is 9.79 Å². The highest BCUT2D eigenvalue weighted by Crippen LogP contribution is 2.35. The Balaban J connectivity index is 3.01. The van der Waals surface area contributed by atoms with Crippen LogP contribution in [0.2, 0.25) is 0 Å². The SMILES string of the molecule is O=C(CP(=O)(O)O)c1cccc(C(F)(F)F)c1. The number of hydrogen-bond acceptors (Lipinski definition) is 2. The first-order chi connectivity index (χ1) is 7.59. The second-order valence-corrected chi connectivity index (χ2v) is 4.97. The van der Waals surface area contributed by atoms with Gasteiger partial charge in [-0.2, -0.15) is 13.2 Å². The second kappa shape index (κ2) is 4.60. The van der Waals surface area contributed by atoms with Gasteiger partial charge in [-0.1, -0.05) is 12.1 Å². The van der Waals surface area contributed by atoms with Crippen LogP contribution in [-0.2, 0) is 10.7 Å². The van der Waals surface area contributed by atoms with E-state index >= 15 is 0 Å². The maximum absolute atomic E-state index is 12.3. The van der Waals surface area contributed by atoms with E-state index in [4.69, 9.17) is 9.79 Å². The molecule has 0 heterocycles. The van der Waals surface area contributed by atoms with Crippen LogP contribution >= 0.6 is 7.60 Å². The van der Waals surface area contributed by atoms with E-state index in [1.54, 1.807) is 0 Å². The summed E-state index contributed by atoms with van der Waals surface area (Å²) in [5, 5.41) is 0. The summed E-state index contributed by atoms with van der Waals surface area (Å²) >= 11 is 0. The molecule has 1 rings (SSSR count). The maximum Gasteiger partial charge on any atom is 0.416 e. The molecule has 0 aliphatic heterocycles. The molecule has 1 aromatic rings. The summed E-state index contributed by atoms with van der Waals surface area (Å²) in [6.45, 7) is 0. The zero-order chi connectivity index (χ0) is 13.3. The highest BCUT2D eigenvalue weighted by atomic mass is 31.2. The van der Waals surface area contributed by atoms with Crippen molar-refractivity contribution in [3.05, 3.63) is 35.4 Å². The molecule has 2 N–H and O–H groups in total. The Hall–Kier alpha value is -1.17. The number of Topliss-reactive ketones (excluding diaryl/α,β-unsaturated/α-hetero) is 1. The van der Waals surface area contributed by atoms with Crippen molar-refractivity contribution in [2.45, 2.75) is 6.18 Å². The van der Waals surface area contributed by atoms with Crippen LogP contribution in [0.3, 0.4) is 0 Å². The van der Waals surface area contributed by atoms with Crippen LogP contribution < -0.4 is 0 Å². The lowest BCUT2D eigenvalue weighted by Crippen LogP contribution is -2.10. The molecule has 0 spiro atoms. The van der Waals surface area contributed by atoms with Gasteiger partial charge >= 0.3 is 13.8 Å². The third-order valence-electron chi connectivity index (χ3n) is 1.86. The van der Waals surface area contributed by atoms with Crippen LogP contribution in [-0.4, -0.2) is 21.7 Å². The van der Waals surface area contributed by atoms with E-state index in [2.05, 4.69) is 0 Å². The van der Waals surface area contributed by atoms with Gasteiger partial charge in [0.15, 0.2) is 5.78 Å². The normalized spacial score (nSPS) is 12.5. The molecular formula is C9H8F3O4P. The zero-order valence-corrected chi connectivity index (χ0v) is 9.20. The van der Waals surface area contributed by atoms with E-state index in [0.29, 0.717) is 6.07 Å². The van der Waals surface area contributed by atoms with Crippen molar-refractivity contribution in [2.75, 3.05) is 6.16 Å². The van der Waals surface area contributed by atoms with Gasteiger partial charge in [-0.15, -0.1) is 0 Å². The van der Waals surface area contributed by atoms with Crippen molar-refractivity contribution < 1.29 is 32.3 Å². The Morgan fingerprint density at radius 1 is 1.29 bits per heavy atom. The maximum atomic E-state index is 12.3. The number of hydrogen-bond donors (Lipinski definition) is 2. The van der Waals surface area contributed by atoms with Crippen LogP contribution in [0, 0.1) is 0 Å². The third kappa shape index (κ3) is 4.30. The number of halogens is 3. The molecule has 94 valence electrons. The number of carbonyl (C=O) groups excluding carboxylic acids is 1. The summed E-state index contributed by atoms with van der Waals surface area (Å²) < 4.78 is 47.5. The number of alkyl halides is 3. The molecule has 0 unspecified atom stereocenters. The van der Waals surface area contributed by atoms with Crippen molar-refractivity contribution in [3.8, 4) is 0 Å². The first kappa shape index (κ1) is 13.9. The molecule has 0 aliphatic rings. The fourth-order valence-electron chi connectivity index (χ4n) is 1.15. The second-order valence-electron chi connectivity index (χ2n) is 3.32. The predicted octanol–water partition coefficient (Wildman–Crippen LogP) is 2.07. The van der Waals surface area contributed by atoms with Gasteiger partial charge in [-0.05, 0) is 12.1 Å². The Kier molecular flexibility index (Phi) is 3.76. The molecule has 0 saturated carbocycles. The summed E-state index contributed by atoms with van der Waals surface area (Å²) in [6, 6.07) is 3.43. The molecule has 0 fully saturated rings. The van der Waals surface area contributed by atoms with E-state index in [0.717, 1.165) is 18.2 Å². The summed E-state index contributed by atoms with van der Waals surface area (Å²) in [6.07, 6.45) is -5.70. The Morgan fingerprint density at radius 3 is 2.35 bits per heavy atom. The predicted molar refractivity (Wildman–Crippen MR) is 52.7 cm³/mol. The topological polar surface area (TPSA) is 74.6 Å². The summed E-state index contributed by atoms with van der Waals surface area (Å²) in [4.78, 5) is 28.4. The summed E-state index contributed by atoms with van der Waals surface area (Å²) in [7, 11) is -4.57. The van der Waals surface area contributed by atoms with Crippen LogP contribution in [0.4, 0.5) is 13.2 Å². The van der Waals surface area contributed by atoms with Crippen LogP contribution in [0.15, 0.2) is 24.3 Å². The molecule has 0 atom stereocenters. The van der Waals surface area contributed by atoms with Crippen LogP contribution in [0.25, 0.3) is 0 Å². The lowest BCUT2D eigenvalue weighted by Gasteiger charge is -2.08. The van der Waals surface area contributed by atoms with Gasteiger partial charge in [0.2, 0.25) is 0 Å². The third-order valence-corrected chi connectivity index (χ3v) is 2.56. The number of rotatable bonds is 3. The lowest BCUT2D eigenvalue weighted by atomic mass is 10.1. The molecule has 8 heteroatoms. The Bertz CT molecular complexity index is 477. The molecule has 17 heavy (non-hydrogen) atoms. The van der Waals surface area contributed by atoms with Crippen molar-refractivity contribution in [3.63, 3.8) is 0 Å². The quantitative estimate of drug-likeness (QED) is 0.650. The van der Waals surface area contributed by atoms with Crippen molar-refractivity contribution >= 4 is 13.4 Å². The molecule has 0 aliphatic carbocycles. The van der Waals surface area contributed by atoms with E-state index in [-0.39, 0.29) is 5.56 Å². The van der Waals surface area contributed by atoms with Gasteiger partial charge in [0, 0.05) is 5.56 Å². The van der Waals surface area contributed by atoms with Crippen molar-refractivity contribution in [1.82, 2.24) is 0 Å². The smallest absolute Gasteiger partial charge is 0.324 e. The van der Waals surface area contributed by atoms with Gasteiger partial charge in [-0.3, -0.25) is 9.36 Å². The molecule has 0 aromatic heterocycles. The number of ketones is 1. The fourth-order valence-corrected chi connectivity index (χ4v) is 1.70. The fraction of sp³-hybridized carbons (Fsp3) is 0.222. The van der Waals surface area contributed by atoms with E-state index in [1.807, 2.05) is 0 Å². The highest BCUT2D eigenvalue weighted by Gasteiger charge is 2.31. The molecule has 4 nitrogen and oxygen atoms in total. The average molecular weight is 268 g/mol. The monoisotopic (exact) mass is 268 g/mol. The minimum atomic E-state index is -4.60. The number of benzene rings is 1. The van der Waals surface area contributed by atoms with Crippen LogP contribution in [0.5, 0.6) is 0 Å². The molecule has 0 saturated heterocycles. The van der Waals surface area contributed by atoms with Gasteiger partial charge in [0.05, 0.1) is 5.56 Å². The minimum absolute atomic E-state index is 0.372. The first-order valence-electron chi connectivity index (χ1n) is 4.34. The standard InChI is InChI=1S/C9H8F3O4P/c10-9(11,12)7-3-1-2-6(4-7)8(13)5-17(14,15)16/h1-4H,5H2,(H2,14,15,16). The van der Waals surface area contributed by atoms with Gasteiger partial charge in [-0.25, -0.2) is 0 Å². The summed E-state index contributed by atoms with van der Waals surface area (Å²) in [5.74, 6) is -1.02. The van der Waals surface area contributed by atoms with Crippen molar-refractivity contribution in [2.24, 2.45) is 0 Å². The molecule has 0 radical (unpaired) electrons. The minimum Gasteiger partial charge on any atom is -0.324 e. The molecular weight excluding hydrogens is 260 g/mol. The highest BCUT2D eigenvalue weighted by molar-refractivity contribution is 7.52. The number of carbonyl (C=O) groups is 1. The van der Waals surface area contributed by atoms with Gasteiger partial charge in [0.1, 0.15) is 6.16 Å². The lowest BCUT2D eigenvalue weighted by molar-refractivity contribution is -0.137. The van der Waals surface area contributed by atoms with E-state index in [1.165, 1.54) is 0 Å². The summed E-state index contributed by atoms with van der Waals surface area (Å²) in [5.41, 5.74) is -1.41. The zero-order valence-electron chi connectivity index (χ0n) is 8.31. The van der Waals surface area contributed by atoms with E-state index in [9.17, 15) is 22.5 Å². The largest absolute Gasteiger partial charge is 0.416 e. The molecule has 0 bridgehead atoms. The first-order valence-corrected chi connectivity index (χ1v) is 6.14. The molecule has 0 amide bonds. The van der Waals surface area contributed by atoms with Crippen molar-refractivity contribution in [1.29, 1.82) is 0 Å². The Labute approximate surface area is 94.2 Å². The van der Waals surface area contributed by atoms with Crippen LogP contribution in [0.1, 0.15) is 15.9 Å².